The number of carbonyl (C=O) groups is 2. The number of benzene rings is 2. The lowest BCUT2D eigenvalue weighted by Crippen LogP contribution is -2.36. The van der Waals surface area contributed by atoms with Crippen LogP contribution in [0.3, 0.4) is 0 Å². The number of nitrogens with one attached hydrogen (secondary N) is 3. The maximum absolute atomic E-state index is 12.8. The summed E-state index contributed by atoms with van der Waals surface area (Å²) >= 11 is 0. The van der Waals surface area contributed by atoms with Crippen molar-refractivity contribution < 1.29 is 14.0 Å². The van der Waals surface area contributed by atoms with E-state index in [1.807, 2.05) is 31.2 Å². The van der Waals surface area contributed by atoms with Crippen molar-refractivity contribution in [2.45, 2.75) is 19.9 Å². The summed E-state index contributed by atoms with van der Waals surface area (Å²) in [5, 5.41) is 8.23. The SMILES string of the molecule is Cc1ccc(CNC(=O)NCCCNC(=O)c2ccc(F)cc2)cc1. The van der Waals surface area contributed by atoms with Gasteiger partial charge < -0.3 is 16.0 Å². The molecule has 0 saturated carbocycles. The van der Waals surface area contributed by atoms with Gasteiger partial charge in [0.2, 0.25) is 0 Å². The highest BCUT2D eigenvalue weighted by Crippen LogP contribution is 2.03. The van der Waals surface area contributed by atoms with E-state index in [9.17, 15) is 14.0 Å². The minimum absolute atomic E-state index is 0.245. The second-order valence-electron chi connectivity index (χ2n) is 5.71. The van der Waals surface area contributed by atoms with Crippen LogP contribution in [0.25, 0.3) is 0 Å². The summed E-state index contributed by atoms with van der Waals surface area (Å²) in [6.45, 7) is 3.35. The molecule has 0 bridgehead atoms. The summed E-state index contributed by atoms with van der Waals surface area (Å²) in [6, 6.07) is 13.1. The molecule has 0 aromatic heterocycles. The number of carbonyl (C=O) groups excluding carboxylic acids is 2. The Morgan fingerprint density at radius 1 is 0.880 bits per heavy atom. The Labute approximate surface area is 146 Å². The van der Waals surface area contributed by atoms with Crippen molar-refractivity contribution in [3.05, 3.63) is 71.0 Å². The largest absolute Gasteiger partial charge is 0.352 e. The molecule has 3 amide bonds. The summed E-state index contributed by atoms with van der Waals surface area (Å²) < 4.78 is 12.8. The Kier molecular flexibility index (Phi) is 6.95. The third-order valence-corrected chi connectivity index (χ3v) is 3.60. The monoisotopic (exact) mass is 343 g/mol. The zero-order valence-electron chi connectivity index (χ0n) is 14.1. The number of hydrogen-bond acceptors (Lipinski definition) is 2. The molecule has 5 nitrogen and oxygen atoms in total. The van der Waals surface area contributed by atoms with Gasteiger partial charge in [-0.2, -0.15) is 0 Å². The van der Waals surface area contributed by atoms with Crippen LogP contribution in [0.5, 0.6) is 0 Å². The van der Waals surface area contributed by atoms with Gasteiger partial charge in [0.05, 0.1) is 0 Å². The van der Waals surface area contributed by atoms with Crippen molar-refractivity contribution >= 4 is 11.9 Å². The Morgan fingerprint density at radius 2 is 1.52 bits per heavy atom. The molecule has 2 aromatic carbocycles. The molecule has 25 heavy (non-hydrogen) atoms. The Bertz CT molecular complexity index is 700. The summed E-state index contributed by atoms with van der Waals surface area (Å²) in [6.07, 6.45) is 0.602. The van der Waals surface area contributed by atoms with Gasteiger partial charge in [-0.3, -0.25) is 4.79 Å². The summed E-state index contributed by atoms with van der Waals surface area (Å²) in [7, 11) is 0. The molecule has 6 heteroatoms. The van der Waals surface area contributed by atoms with Crippen LogP contribution in [-0.4, -0.2) is 25.0 Å². The second kappa shape index (κ2) is 9.42. The molecule has 0 saturated heterocycles. The molecule has 132 valence electrons. The first-order chi connectivity index (χ1) is 12.0. The fourth-order valence-corrected chi connectivity index (χ4v) is 2.15. The number of hydrogen-bond donors (Lipinski definition) is 3. The molecule has 0 atom stereocenters. The van der Waals surface area contributed by atoms with Crippen molar-refractivity contribution in [2.75, 3.05) is 13.1 Å². The fraction of sp³-hybridized carbons (Fsp3) is 0.263. The van der Waals surface area contributed by atoms with Crippen LogP contribution in [0, 0.1) is 12.7 Å². The van der Waals surface area contributed by atoms with Crippen molar-refractivity contribution in [1.29, 1.82) is 0 Å². The van der Waals surface area contributed by atoms with Crippen molar-refractivity contribution in [1.82, 2.24) is 16.0 Å². The van der Waals surface area contributed by atoms with E-state index in [0.717, 1.165) is 5.56 Å². The van der Waals surface area contributed by atoms with Crippen LogP contribution < -0.4 is 16.0 Å². The molecule has 0 heterocycles. The van der Waals surface area contributed by atoms with Gasteiger partial charge in [-0.15, -0.1) is 0 Å². The van der Waals surface area contributed by atoms with E-state index in [1.54, 1.807) is 0 Å². The Morgan fingerprint density at radius 3 is 2.20 bits per heavy atom. The van der Waals surface area contributed by atoms with Crippen LogP contribution in [0.15, 0.2) is 48.5 Å². The predicted molar refractivity (Wildman–Crippen MR) is 94.8 cm³/mol. The first-order valence-electron chi connectivity index (χ1n) is 8.15. The number of urea groups is 1. The summed E-state index contributed by atoms with van der Waals surface area (Å²) in [5.41, 5.74) is 2.62. The molecular formula is C19H22FN3O2. The van der Waals surface area contributed by atoms with Crippen LogP contribution >= 0.6 is 0 Å². The molecule has 0 spiro atoms. The highest BCUT2D eigenvalue weighted by molar-refractivity contribution is 5.94. The average Bonchev–Trinajstić information content (AvgIpc) is 2.61. The van der Waals surface area contributed by atoms with Crippen molar-refractivity contribution in [2.24, 2.45) is 0 Å². The van der Waals surface area contributed by atoms with E-state index in [1.165, 1.54) is 29.8 Å². The molecule has 0 aliphatic rings. The quantitative estimate of drug-likeness (QED) is 0.677. The third kappa shape index (κ3) is 6.63. The molecule has 0 aliphatic heterocycles. The summed E-state index contributed by atoms with van der Waals surface area (Å²) in [5.74, 6) is -0.638. The third-order valence-electron chi connectivity index (χ3n) is 3.60. The zero-order valence-corrected chi connectivity index (χ0v) is 14.1. The zero-order chi connectivity index (χ0) is 18.1. The number of amides is 3. The van der Waals surface area contributed by atoms with Gasteiger partial charge in [-0.1, -0.05) is 29.8 Å². The highest BCUT2D eigenvalue weighted by Gasteiger charge is 2.05. The maximum atomic E-state index is 12.8. The van der Waals surface area contributed by atoms with E-state index in [0.29, 0.717) is 31.6 Å². The topological polar surface area (TPSA) is 70.2 Å². The van der Waals surface area contributed by atoms with Gasteiger partial charge in [0.25, 0.3) is 5.91 Å². The van der Waals surface area contributed by atoms with Gasteiger partial charge >= 0.3 is 6.03 Å². The lowest BCUT2D eigenvalue weighted by atomic mass is 10.1. The Hall–Kier alpha value is -2.89. The predicted octanol–water partition coefficient (Wildman–Crippen LogP) is 2.75. The van der Waals surface area contributed by atoms with Gasteiger partial charge in [-0.25, -0.2) is 9.18 Å². The molecule has 3 N–H and O–H groups in total. The smallest absolute Gasteiger partial charge is 0.315 e. The molecule has 0 fully saturated rings. The van der Waals surface area contributed by atoms with Gasteiger partial charge in [-0.05, 0) is 43.2 Å². The number of halogens is 1. The average molecular weight is 343 g/mol. The lowest BCUT2D eigenvalue weighted by molar-refractivity contribution is 0.0953. The van der Waals surface area contributed by atoms with E-state index in [4.69, 9.17) is 0 Å². The van der Waals surface area contributed by atoms with Crippen LogP contribution in [0.1, 0.15) is 27.9 Å². The van der Waals surface area contributed by atoms with Gasteiger partial charge in [0.1, 0.15) is 5.82 Å². The molecular weight excluding hydrogens is 321 g/mol. The normalized spacial score (nSPS) is 10.2. The van der Waals surface area contributed by atoms with E-state index in [2.05, 4.69) is 16.0 Å². The van der Waals surface area contributed by atoms with Crippen molar-refractivity contribution in [3.8, 4) is 0 Å². The van der Waals surface area contributed by atoms with E-state index < -0.39 is 0 Å². The molecule has 0 radical (unpaired) electrons. The van der Waals surface area contributed by atoms with Crippen molar-refractivity contribution in [3.63, 3.8) is 0 Å². The van der Waals surface area contributed by atoms with E-state index in [-0.39, 0.29) is 17.8 Å². The Balaban J connectivity index is 1.57. The minimum atomic E-state index is -0.377. The molecule has 0 unspecified atom stereocenters. The number of rotatable bonds is 7. The first-order valence-corrected chi connectivity index (χ1v) is 8.15. The lowest BCUT2D eigenvalue weighted by Gasteiger charge is -2.09. The van der Waals surface area contributed by atoms with Gasteiger partial charge in [0, 0.05) is 25.2 Å². The van der Waals surface area contributed by atoms with Crippen LogP contribution in [0.2, 0.25) is 0 Å². The molecule has 0 aliphatic carbocycles. The first kappa shape index (κ1) is 18.4. The fourth-order valence-electron chi connectivity index (χ4n) is 2.15. The van der Waals surface area contributed by atoms with E-state index >= 15 is 0 Å². The summed E-state index contributed by atoms with van der Waals surface area (Å²) in [4.78, 5) is 23.5. The van der Waals surface area contributed by atoms with Crippen LogP contribution in [-0.2, 0) is 6.54 Å². The molecule has 2 rings (SSSR count). The highest BCUT2D eigenvalue weighted by atomic mass is 19.1. The molecule has 2 aromatic rings. The second-order valence-corrected chi connectivity index (χ2v) is 5.71. The van der Waals surface area contributed by atoms with Gasteiger partial charge in [0.15, 0.2) is 0 Å². The van der Waals surface area contributed by atoms with Crippen LogP contribution in [0.4, 0.5) is 9.18 Å². The standard InChI is InChI=1S/C19H22FN3O2/c1-14-3-5-15(6-4-14)13-23-19(25)22-12-2-11-21-18(24)16-7-9-17(20)10-8-16/h3-10H,2,11-13H2,1H3,(H,21,24)(H2,22,23,25). The number of aryl methyl sites for hydroxylation is 1. The maximum Gasteiger partial charge on any atom is 0.315 e. The minimum Gasteiger partial charge on any atom is -0.352 e.